The molecule has 4 rings (SSSR count). The zero-order chi connectivity index (χ0) is 14.2. The second kappa shape index (κ2) is 5.04. The van der Waals surface area contributed by atoms with Crippen LogP contribution in [0, 0.1) is 0 Å². The maximum absolute atomic E-state index is 5.37. The average Bonchev–Trinajstić information content (AvgIpc) is 3.20. The molecule has 0 bridgehead atoms. The fraction of sp³-hybridized carbons (Fsp3) is 0.467. The van der Waals surface area contributed by atoms with Gasteiger partial charge in [-0.05, 0) is 44.5 Å². The Balaban J connectivity index is 1.54. The lowest BCUT2D eigenvalue weighted by molar-refractivity contribution is 0.174. The quantitative estimate of drug-likeness (QED) is 0.864. The Morgan fingerprint density at radius 3 is 3.05 bits per heavy atom. The highest BCUT2D eigenvalue weighted by molar-refractivity contribution is 5.61. The summed E-state index contributed by atoms with van der Waals surface area (Å²) < 4.78 is 16.0. The van der Waals surface area contributed by atoms with Gasteiger partial charge in [-0.3, -0.25) is 4.90 Å². The van der Waals surface area contributed by atoms with Crippen molar-refractivity contribution in [2.24, 2.45) is 0 Å². The summed E-state index contributed by atoms with van der Waals surface area (Å²) in [6.07, 6.45) is 2.48. The molecule has 1 atom stereocenters. The molecule has 2 aliphatic heterocycles. The summed E-state index contributed by atoms with van der Waals surface area (Å²) in [5.74, 6) is 2.74. The van der Waals surface area contributed by atoms with Gasteiger partial charge in [-0.15, -0.1) is 0 Å². The van der Waals surface area contributed by atoms with Gasteiger partial charge in [0.2, 0.25) is 18.5 Å². The Labute approximate surface area is 122 Å². The zero-order valence-electron chi connectivity index (χ0n) is 11.9. The van der Waals surface area contributed by atoms with E-state index in [1.165, 1.54) is 12.8 Å². The summed E-state index contributed by atoms with van der Waals surface area (Å²) in [6, 6.07) is 6.26. The lowest BCUT2D eigenvalue weighted by Gasteiger charge is -2.17. The van der Waals surface area contributed by atoms with Crippen LogP contribution in [0.2, 0.25) is 0 Å². The van der Waals surface area contributed by atoms with Gasteiger partial charge in [0.05, 0.1) is 6.54 Å². The highest BCUT2D eigenvalue weighted by atomic mass is 16.7. The van der Waals surface area contributed by atoms with E-state index in [-0.39, 0.29) is 6.79 Å². The fourth-order valence-corrected chi connectivity index (χ4v) is 2.87. The van der Waals surface area contributed by atoms with Crippen LogP contribution >= 0.6 is 0 Å². The maximum Gasteiger partial charge on any atom is 0.241 e. The summed E-state index contributed by atoms with van der Waals surface area (Å²) in [5, 5.41) is 4.07. The molecular formula is C15H17N3O3. The highest BCUT2D eigenvalue weighted by Gasteiger charge is 2.23. The second-order valence-electron chi connectivity index (χ2n) is 5.54. The molecule has 0 amide bonds. The number of aromatic nitrogens is 2. The first kappa shape index (κ1) is 12.6. The minimum absolute atomic E-state index is 0.267. The number of benzene rings is 1. The second-order valence-corrected chi connectivity index (χ2v) is 5.54. The Hall–Kier alpha value is -2.08. The lowest BCUT2D eigenvalue weighted by atomic mass is 10.2. The van der Waals surface area contributed by atoms with Gasteiger partial charge in [-0.1, -0.05) is 5.16 Å². The van der Waals surface area contributed by atoms with E-state index in [9.17, 15) is 0 Å². The zero-order valence-corrected chi connectivity index (χ0v) is 11.9. The van der Waals surface area contributed by atoms with E-state index >= 15 is 0 Å². The van der Waals surface area contributed by atoms with Crippen molar-refractivity contribution in [3.8, 4) is 22.9 Å². The van der Waals surface area contributed by atoms with E-state index in [1.807, 2.05) is 18.2 Å². The number of ether oxygens (including phenoxy) is 2. The van der Waals surface area contributed by atoms with Gasteiger partial charge in [0.1, 0.15) is 0 Å². The number of likely N-dealkylation sites (tertiary alicyclic amines) is 1. The molecule has 1 aromatic carbocycles. The highest BCUT2D eigenvalue weighted by Crippen LogP contribution is 2.35. The molecule has 1 aromatic heterocycles. The van der Waals surface area contributed by atoms with Crippen LogP contribution in [0.1, 0.15) is 25.7 Å². The predicted molar refractivity (Wildman–Crippen MR) is 75.0 cm³/mol. The topological polar surface area (TPSA) is 60.6 Å². The third-order valence-corrected chi connectivity index (χ3v) is 4.13. The molecule has 2 aliphatic rings. The first-order chi connectivity index (χ1) is 10.3. The van der Waals surface area contributed by atoms with E-state index in [4.69, 9.17) is 14.0 Å². The van der Waals surface area contributed by atoms with Gasteiger partial charge in [-0.2, -0.15) is 4.98 Å². The summed E-state index contributed by atoms with van der Waals surface area (Å²) in [5.41, 5.74) is 0.878. The Bertz CT molecular complexity index is 655. The van der Waals surface area contributed by atoms with Gasteiger partial charge >= 0.3 is 0 Å². The molecule has 2 aromatic rings. The van der Waals surface area contributed by atoms with Gasteiger partial charge in [0.15, 0.2) is 11.5 Å². The minimum atomic E-state index is 0.267. The number of hydrogen-bond donors (Lipinski definition) is 0. The molecule has 0 saturated carbocycles. The van der Waals surface area contributed by atoms with Crippen LogP contribution in [-0.2, 0) is 6.54 Å². The molecule has 6 nitrogen and oxygen atoms in total. The summed E-state index contributed by atoms with van der Waals surface area (Å²) in [6.45, 7) is 4.33. The van der Waals surface area contributed by atoms with E-state index in [2.05, 4.69) is 22.0 Å². The molecule has 1 saturated heterocycles. The van der Waals surface area contributed by atoms with Crippen molar-refractivity contribution in [1.82, 2.24) is 15.0 Å². The third-order valence-electron chi connectivity index (χ3n) is 4.13. The van der Waals surface area contributed by atoms with Crippen LogP contribution in [-0.4, -0.2) is 34.4 Å². The summed E-state index contributed by atoms with van der Waals surface area (Å²) in [7, 11) is 0. The summed E-state index contributed by atoms with van der Waals surface area (Å²) in [4.78, 5) is 6.86. The third kappa shape index (κ3) is 2.35. The van der Waals surface area contributed by atoms with Gasteiger partial charge < -0.3 is 14.0 Å². The normalized spacial score (nSPS) is 21.1. The molecule has 110 valence electrons. The van der Waals surface area contributed by atoms with Gasteiger partial charge in [-0.25, -0.2) is 0 Å². The first-order valence-corrected chi connectivity index (χ1v) is 7.26. The minimum Gasteiger partial charge on any atom is -0.454 e. The SMILES string of the molecule is CC1CCCN1Cc1nc(-c2ccc3c(c2)OCO3)no1. The van der Waals surface area contributed by atoms with Gasteiger partial charge in [0, 0.05) is 11.6 Å². The Morgan fingerprint density at radius 1 is 1.29 bits per heavy atom. The number of fused-ring (bicyclic) bond motifs is 1. The number of hydrogen-bond acceptors (Lipinski definition) is 6. The van der Waals surface area contributed by atoms with Crippen LogP contribution in [0.25, 0.3) is 11.4 Å². The van der Waals surface area contributed by atoms with Gasteiger partial charge in [0.25, 0.3) is 0 Å². The predicted octanol–water partition coefficient (Wildman–Crippen LogP) is 2.45. The largest absolute Gasteiger partial charge is 0.454 e. The van der Waals surface area contributed by atoms with Crippen molar-refractivity contribution >= 4 is 0 Å². The maximum atomic E-state index is 5.37. The standard InChI is InChI=1S/C15H17N3O3/c1-10-3-2-6-18(10)8-14-16-15(17-21-14)11-4-5-12-13(7-11)20-9-19-12/h4-5,7,10H,2-3,6,8-9H2,1H3. The molecule has 0 aliphatic carbocycles. The van der Waals surface area contributed by atoms with Crippen molar-refractivity contribution in [3.63, 3.8) is 0 Å². The molecular weight excluding hydrogens is 270 g/mol. The van der Waals surface area contributed by atoms with Crippen molar-refractivity contribution in [2.75, 3.05) is 13.3 Å². The van der Waals surface area contributed by atoms with E-state index in [0.29, 0.717) is 17.8 Å². The molecule has 3 heterocycles. The summed E-state index contributed by atoms with van der Waals surface area (Å²) >= 11 is 0. The molecule has 21 heavy (non-hydrogen) atoms. The van der Waals surface area contributed by atoms with E-state index in [1.54, 1.807) is 0 Å². The van der Waals surface area contributed by atoms with Crippen molar-refractivity contribution in [1.29, 1.82) is 0 Å². The van der Waals surface area contributed by atoms with Crippen LogP contribution in [0.3, 0.4) is 0 Å². The fourth-order valence-electron chi connectivity index (χ4n) is 2.87. The van der Waals surface area contributed by atoms with E-state index in [0.717, 1.165) is 30.2 Å². The van der Waals surface area contributed by atoms with E-state index < -0.39 is 0 Å². The molecule has 1 fully saturated rings. The molecule has 6 heteroatoms. The molecule has 0 spiro atoms. The molecule has 0 N–H and O–H groups in total. The molecule has 0 radical (unpaired) electrons. The van der Waals surface area contributed by atoms with Crippen molar-refractivity contribution < 1.29 is 14.0 Å². The van der Waals surface area contributed by atoms with Crippen molar-refractivity contribution in [3.05, 3.63) is 24.1 Å². The number of nitrogens with zero attached hydrogens (tertiary/aromatic N) is 3. The first-order valence-electron chi connectivity index (χ1n) is 7.26. The average molecular weight is 287 g/mol. The Morgan fingerprint density at radius 2 is 2.19 bits per heavy atom. The smallest absolute Gasteiger partial charge is 0.241 e. The van der Waals surface area contributed by atoms with Crippen LogP contribution < -0.4 is 9.47 Å². The monoisotopic (exact) mass is 287 g/mol. The van der Waals surface area contributed by atoms with Crippen LogP contribution in [0.5, 0.6) is 11.5 Å². The lowest BCUT2D eigenvalue weighted by Crippen LogP contribution is -2.26. The number of rotatable bonds is 3. The van der Waals surface area contributed by atoms with Crippen LogP contribution in [0.4, 0.5) is 0 Å². The Kier molecular flexibility index (Phi) is 3.03. The van der Waals surface area contributed by atoms with Crippen LogP contribution in [0.15, 0.2) is 22.7 Å². The molecule has 1 unspecified atom stereocenters. The van der Waals surface area contributed by atoms with Crippen molar-refractivity contribution in [2.45, 2.75) is 32.4 Å².